The number of rotatable bonds is 7. The number of hydrogen-bond donors (Lipinski definition) is 2. The van der Waals surface area contributed by atoms with E-state index in [0.29, 0.717) is 12.5 Å². The third-order valence-corrected chi connectivity index (χ3v) is 3.84. The van der Waals surface area contributed by atoms with Gasteiger partial charge in [0, 0.05) is 32.0 Å². The molecule has 1 aromatic carbocycles. The van der Waals surface area contributed by atoms with Crippen LogP contribution in [0, 0.1) is 5.41 Å². The maximum atomic E-state index is 7.35. The van der Waals surface area contributed by atoms with Gasteiger partial charge in [-0.05, 0) is 37.5 Å². The number of ether oxygens (including phenoxy) is 1. The molecule has 0 atom stereocenters. The second-order valence-electron chi connectivity index (χ2n) is 5.70. The number of fused-ring (bicyclic) bond motifs is 1. The molecule has 2 rings (SSSR count). The van der Waals surface area contributed by atoms with Crippen molar-refractivity contribution in [1.82, 2.24) is 4.90 Å². The maximum absolute atomic E-state index is 7.35. The molecule has 0 aromatic heterocycles. The summed E-state index contributed by atoms with van der Waals surface area (Å²) in [5.41, 5.74) is 8.15. The van der Waals surface area contributed by atoms with Gasteiger partial charge in [-0.25, -0.2) is 0 Å². The van der Waals surface area contributed by atoms with Crippen LogP contribution in [0.5, 0.6) is 5.75 Å². The van der Waals surface area contributed by atoms with Gasteiger partial charge in [0.1, 0.15) is 5.75 Å². The lowest BCUT2D eigenvalue weighted by molar-refractivity contribution is 0.230. The first-order valence-electron chi connectivity index (χ1n) is 7.38. The van der Waals surface area contributed by atoms with Crippen LogP contribution >= 0.6 is 0 Å². The Hall–Kier alpha value is -1.55. The predicted molar refractivity (Wildman–Crippen MR) is 82.6 cm³/mol. The molecule has 0 unspecified atom stereocenters. The van der Waals surface area contributed by atoms with Crippen molar-refractivity contribution in [2.45, 2.75) is 39.2 Å². The first kappa shape index (κ1) is 14.9. The van der Waals surface area contributed by atoms with Gasteiger partial charge in [-0.3, -0.25) is 5.41 Å². The maximum Gasteiger partial charge on any atom is 0.122 e. The molecule has 0 spiro atoms. The Bertz CT molecular complexity index is 471. The Morgan fingerprint density at radius 2 is 2.20 bits per heavy atom. The Balaban J connectivity index is 1.90. The minimum Gasteiger partial charge on any atom is -0.493 e. The number of amidine groups is 1. The minimum absolute atomic E-state index is 0.269. The molecule has 1 aromatic rings. The lowest BCUT2D eigenvalue weighted by Gasteiger charge is -2.26. The molecule has 0 amide bonds. The molecule has 0 bridgehead atoms. The monoisotopic (exact) mass is 275 g/mol. The van der Waals surface area contributed by atoms with Gasteiger partial charge < -0.3 is 15.4 Å². The van der Waals surface area contributed by atoms with Crippen molar-refractivity contribution in [1.29, 1.82) is 5.41 Å². The van der Waals surface area contributed by atoms with E-state index < -0.39 is 0 Å². The number of benzene rings is 1. The first-order chi connectivity index (χ1) is 9.56. The molecule has 3 N–H and O–H groups in total. The van der Waals surface area contributed by atoms with Crippen molar-refractivity contribution in [2.24, 2.45) is 5.73 Å². The number of hydrogen-bond acceptors (Lipinski definition) is 3. The summed E-state index contributed by atoms with van der Waals surface area (Å²) in [5.74, 6) is 1.32. The molecule has 0 aliphatic carbocycles. The fourth-order valence-electron chi connectivity index (χ4n) is 2.56. The summed E-state index contributed by atoms with van der Waals surface area (Å²) in [7, 11) is 0. The molecule has 0 saturated heterocycles. The topological polar surface area (TPSA) is 62.3 Å². The molecule has 4 heteroatoms. The Labute approximate surface area is 121 Å². The summed E-state index contributed by atoms with van der Waals surface area (Å²) in [6.45, 7) is 7.06. The van der Waals surface area contributed by atoms with Crippen molar-refractivity contribution >= 4 is 5.84 Å². The van der Waals surface area contributed by atoms with Crippen LogP contribution in [0.3, 0.4) is 0 Å². The summed E-state index contributed by atoms with van der Waals surface area (Å²) in [6, 6.07) is 7.00. The Morgan fingerprint density at radius 1 is 1.40 bits per heavy atom. The molecule has 0 radical (unpaired) electrons. The number of nitrogens with two attached hydrogens (primary N) is 1. The van der Waals surface area contributed by atoms with Gasteiger partial charge in [-0.1, -0.05) is 12.1 Å². The fourth-order valence-corrected chi connectivity index (χ4v) is 2.56. The quantitative estimate of drug-likeness (QED) is 0.592. The van der Waals surface area contributed by atoms with E-state index in [-0.39, 0.29) is 5.84 Å². The summed E-state index contributed by atoms with van der Waals surface area (Å²) >= 11 is 0. The van der Waals surface area contributed by atoms with Gasteiger partial charge in [0.05, 0.1) is 12.4 Å². The SMILES string of the molecule is CC(C)N(CCC(=N)N)CCc1ccc2c(c1)CCO2. The van der Waals surface area contributed by atoms with Crippen LogP contribution in [0.2, 0.25) is 0 Å². The highest BCUT2D eigenvalue weighted by Crippen LogP contribution is 2.26. The highest BCUT2D eigenvalue weighted by molar-refractivity contribution is 5.76. The van der Waals surface area contributed by atoms with Crippen molar-refractivity contribution in [3.63, 3.8) is 0 Å². The lowest BCUT2D eigenvalue weighted by Crippen LogP contribution is -2.35. The zero-order valence-corrected chi connectivity index (χ0v) is 12.5. The average Bonchev–Trinajstić information content (AvgIpc) is 2.85. The third-order valence-electron chi connectivity index (χ3n) is 3.84. The van der Waals surface area contributed by atoms with Gasteiger partial charge in [0.15, 0.2) is 0 Å². The molecule has 0 fully saturated rings. The van der Waals surface area contributed by atoms with Crippen LogP contribution in [0.25, 0.3) is 0 Å². The van der Waals surface area contributed by atoms with Gasteiger partial charge in [-0.2, -0.15) is 0 Å². The molecular weight excluding hydrogens is 250 g/mol. The first-order valence-corrected chi connectivity index (χ1v) is 7.38. The smallest absolute Gasteiger partial charge is 0.122 e. The van der Waals surface area contributed by atoms with Crippen LogP contribution in [-0.2, 0) is 12.8 Å². The van der Waals surface area contributed by atoms with Gasteiger partial charge >= 0.3 is 0 Å². The second-order valence-corrected chi connectivity index (χ2v) is 5.70. The standard InChI is InChI=1S/C16H25N3O/c1-12(2)19(9-6-16(17)18)8-5-13-3-4-15-14(11-13)7-10-20-15/h3-4,11-12H,5-10H2,1-2H3,(H3,17,18). The third kappa shape index (κ3) is 3.97. The molecule has 110 valence electrons. The van der Waals surface area contributed by atoms with Gasteiger partial charge in [-0.15, -0.1) is 0 Å². The van der Waals surface area contributed by atoms with E-state index in [1.165, 1.54) is 11.1 Å². The molecule has 1 aliphatic heterocycles. The van der Waals surface area contributed by atoms with Crippen LogP contribution in [0.1, 0.15) is 31.4 Å². The second kappa shape index (κ2) is 6.75. The highest BCUT2D eigenvalue weighted by atomic mass is 16.5. The highest BCUT2D eigenvalue weighted by Gasteiger charge is 2.13. The van der Waals surface area contributed by atoms with Crippen LogP contribution in [0.15, 0.2) is 18.2 Å². The predicted octanol–water partition coefficient (Wildman–Crippen LogP) is 2.20. The van der Waals surface area contributed by atoms with E-state index in [1.54, 1.807) is 0 Å². The van der Waals surface area contributed by atoms with Crippen molar-refractivity contribution in [3.8, 4) is 5.75 Å². The zero-order chi connectivity index (χ0) is 14.5. The van der Waals surface area contributed by atoms with E-state index in [9.17, 15) is 0 Å². The van der Waals surface area contributed by atoms with E-state index >= 15 is 0 Å². The Morgan fingerprint density at radius 3 is 2.90 bits per heavy atom. The van der Waals surface area contributed by atoms with Crippen molar-refractivity contribution in [3.05, 3.63) is 29.3 Å². The molecule has 4 nitrogen and oxygen atoms in total. The van der Waals surface area contributed by atoms with E-state index in [2.05, 4.69) is 36.9 Å². The summed E-state index contributed by atoms with van der Waals surface area (Å²) < 4.78 is 5.53. The van der Waals surface area contributed by atoms with E-state index in [4.69, 9.17) is 15.9 Å². The largest absolute Gasteiger partial charge is 0.493 e. The van der Waals surface area contributed by atoms with Crippen LogP contribution in [-0.4, -0.2) is 36.5 Å². The average molecular weight is 275 g/mol. The van der Waals surface area contributed by atoms with E-state index in [1.807, 2.05) is 0 Å². The molecular formula is C16H25N3O. The van der Waals surface area contributed by atoms with Gasteiger partial charge in [0.25, 0.3) is 0 Å². The van der Waals surface area contributed by atoms with Gasteiger partial charge in [0.2, 0.25) is 0 Å². The minimum atomic E-state index is 0.269. The summed E-state index contributed by atoms with van der Waals surface area (Å²) in [6.07, 6.45) is 2.71. The number of nitrogens with zero attached hydrogens (tertiary/aromatic N) is 1. The fraction of sp³-hybridized carbons (Fsp3) is 0.562. The lowest BCUT2D eigenvalue weighted by atomic mass is 10.1. The molecule has 20 heavy (non-hydrogen) atoms. The van der Waals surface area contributed by atoms with Crippen molar-refractivity contribution < 1.29 is 4.74 Å². The van der Waals surface area contributed by atoms with Crippen molar-refractivity contribution in [2.75, 3.05) is 19.7 Å². The summed E-state index contributed by atoms with van der Waals surface area (Å²) in [5, 5.41) is 7.35. The summed E-state index contributed by atoms with van der Waals surface area (Å²) in [4.78, 5) is 2.38. The van der Waals surface area contributed by atoms with E-state index in [0.717, 1.165) is 38.3 Å². The number of nitrogens with one attached hydrogen (secondary N) is 1. The van der Waals surface area contributed by atoms with Crippen LogP contribution < -0.4 is 10.5 Å². The zero-order valence-electron chi connectivity index (χ0n) is 12.5. The Kier molecular flexibility index (Phi) is 5.01. The molecule has 1 heterocycles. The molecule has 1 aliphatic rings. The van der Waals surface area contributed by atoms with Crippen LogP contribution in [0.4, 0.5) is 0 Å². The molecule has 0 saturated carbocycles. The normalized spacial score (nSPS) is 13.6.